The molecule has 2 aliphatic rings. The summed E-state index contributed by atoms with van der Waals surface area (Å²) >= 11 is 6.36. The van der Waals surface area contributed by atoms with Crippen LogP contribution in [0.4, 0.5) is 11.9 Å². The summed E-state index contributed by atoms with van der Waals surface area (Å²) in [7, 11) is 0. The molecular weight excluding hydrogens is 370 g/mol. The van der Waals surface area contributed by atoms with Gasteiger partial charge in [0.1, 0.15) is 0 Å². The number of aromatic nitrogens is 3. The van der Waals surface area contributed by atoms with Crippen molar-refractivity contribution in [2.75, 3.05) is 22.9 Å². The Morgan fingerprint density at radius 2 is 1.61 bits per heavy atom. The number of hydrogen-bond donors (Lipinski definition) is 0. The number of benzene rings is 2. The van der Waals surface area contributed by atoms with Gasteiger partial charge in [0.2, 0.25) is 11.9 Å². The van der Waals surface area contributed by atoms with Crippen LogP contribution >= 0.6 is 11.6 Å². The van der Waals surface area contributed by atoms with Gasteiger partial charge in [-0.3, -0.25) is 0 Å². The Labute approximate surface area is 170 Å². The fourth-order valence-electron chi connectivity index (χ4n) is 4.25. The first-order valence-electron chi connectivity index (χ1n) is 10.1. The van der Waals surface area contributed by atoms with E-state index in [2.05, 4.69) is 61.0 Å². The fraction of sp³-hybridized carbons (Fsp3) is 0.364. The minimum atomic E-state index is 0.747. The van der Waals surface area contributed by atoms with Crippen molar-refractivity contribution in [2.45, 2.75) is 38.8 Å². The zero-order valence-corrected chi connectivity index (χ0v) is 16.6. The molecule has 1 fully saturated rings. The molecule has 144 valence electrons. The van der Waals surface area contributed by atoms with Gasteiger partial charge in [0.25, 0.3) is 0 Å². The molecular formula is C22H24ClN5. The standard InChI is InChI=1S/C22H24ClN5/c23-19-11-10-18-16-27(15-17-8-4-3-5-9-17)22-25-24-21(28(22)20(18)14-19)26-12-6-1-2-7-13-26/h3-5,8-11,14H,1-2,6-7,12-13,15-16H2. The predicted octanol–water partition coefficient (Wildman–Crippen LogP) is 4.82. The average Bonchev–Trinajstić information content (AvgIpc) is 2.98. The van der Waals surface area contributed by atoms with Gasteiger partial charge in [0, 0.05) is 31.2 Å². The lowest BCUT2D eigenvalue weighted by Crippen LogP contribution is -2.32. The van der Waals surface area contributed by atoms with Gasteiger partial charge in [-0.05, 0) is 36.1 Å². The molecule has 1 saturated heterocycles. The zero-order valence-electron chi connectivity index (χ0n) is 15.9. The van der Waals surface area contributed by atoms with Gasteiger partial charge in [0.15, 0.2) is 0 Å². The summed E-state index contributed by atoms with van der Waals surface area (Å²) in [6, 6.07) is 16.7. The van der Waals surface area contributed by atoms with Crippen LogP contribution in [0, 0.1) is 0 Å². The molecule has 2 aliphatic heterocycles. The molecule has 0 unspecified atom stereocenters. The second kappa shape index (κ2) is 7.47. The lowest BCUT2D eigenvalue weighted by molar-refractivity contribution is 0.707. The van der Waals surface area contributed by atoms with E-state index in [0.717, 1.165) is 48.8 Å². The molecule has 6 heteroatoms. The summed E-state index contributed by atoms with van der Waals surface area (Å²) in [5, 5.41) is 10.0. The summed E-state index contributed by atoms with van der Waals surface area (Å²) in [5.74, 6) is 1.84. The van der Waals surface area contributed by atoms with E-state index in [9.17, 15) is 0 Å². The average molecular weight is 394 g/mol. The first kappa shape index (κ1) is 17.6. The van der Waals surface area contributed by atoms with Crippen molar-refractivity contribution < 1.29 is 0 Å². The van der Waals surface area contributed by atoms with E-state index >= 15 is 0 Å². The Balaban J connectivity index is 1.58. The molecule has 2 aromatic carbocycles. The number of nitrogens with zero attached hydrogens (tertiary/aromatic N) is 5. The van der Waals surface area contributed by atoms with Crippen molar-refractivity contribution in [1.82, 2.24) is 14.8 Å². The van der Waals surface area contributed by atoms with Crippen LogP contribution in [0.3, 0.4) is 0 Å². The summed E-state index contributed by atoms with van der Waals surface area (Å²) in [6.07, 6.45) is 5.00. The highest BCUT2D eigenvalue weighted by Gasteiger charge is 2.29. The zero-order chi connectivity index (χ0) is 18.9. The van der Waals surface area contributed by atoms with Crippen LogP contribution in [0.2, 0.25) is 5.02 Å². The Kier molecular flexibility index (Phi) is 4.69. The lowest BCUT2D eigenvalue weighted by Gasteiger charge is -2.32. The fourth-order valence-corrected chi connectivity index (χ4v) is 4.42. The van der Waals surface area contributed by atoms with Gasteiger partial charge in [-0.1, -0.05) is 60.8 Å². The molecule has 3 aromatic rings. The third-order valence-electron chi connectivity index (χ3n) is 5.67. The van der Waals surface area contributed by atoms with Crippen molar-refractivity contribution in [3.63, 3.8) is 0 Å². The van der Waals surface area contributed by atoms with Gasteiger partial charge < -0.3 is 9.80 Å². The second-order valence-corrected chi connectivity index (χ2v) is 8.09. The maximum atomic E-state index is 6.36. The molecule has 0 radical (unpaired) electrons. The second-order valence-electron chi connectivity index (χ2n) is 7.65. The van der Waals surface area contributed by atoms with Crippen LogP contribution in [-0.4, -0.2) is 27.9 Å². The SMILES string of the molecule is Clc1ccc2c(c1)-n1c(N3CCCCCC3)nnc1N(Cc1ccccc1)C2. The number of rotatable bonds is 3. The number of halogens is 1. The van der Waals surface area contributed by atoms with Gasteiger partial charge >= 0.3 is 0 Å². The van der Waals surface area contributed by atoms with Crippen LogP contribution in [0.5, 0.6) is 0 Å². The third-order valence-corrected chi connectivity index (χ3v) is 5.90. The van der Waals surface area contributed by atoms with Crippen molar-refractivity contribution in [3.05, 3.63) is 64.7 Å². The summed E-state index contributed by atoms with van der Waals surface area (Å²) in [5.41, 5.74) is 3.63. The summed E-state index contributed by atoms with van der Waals surface area (Å²) in [4.78, 5) is 4.69. The Hall–Kier alpha value is -2.53. The monoisotopic (exact) mass is 393 g/mol. The molecule has 0 saturated carbocycles. The van der Waals surface area contributed by atoms with Crippen molar-refractivity contribution in [1.29, 1.82) is 0 Å². The van der Waals surface area contributed by atoms with Gasteiger partial charge in [0.05, 0.1) is 5.69 Å². The van der Waals surface area contributed by atoms with E-state index in [1.807, 2.05) is 12.1 Å². The molecule has 0 amide bonds. The molecule has 0 spiro atoms. The molecule has 28 heavy (non-hydrogen) atoms. The molecule has 0 bridgehead atoms. The summed E-state index contributed by atoms with van der Waals surface area (Å²) < 4.78 is 2.21. The highest BCUT2D eigenvalue weighted by Crippen LogP contribution is 2.36. The summed E-state index contributed by atoms with van der Waals surface area (Å²) in [6.45, 7) is 3.68. The van der Waals surface area contributed by atoms with E-state index in [1.165, 1.54) is 36.8 Å². The van der Waals surface area contributed by atoms with Crippen LogP contribution < -0.4 is 9.80 Å². The molecule has 5 rings (SSSR count). The first-order chi connectivity index (χ1) is 13.8. The number of fused-ring (bicyclic) bond motifs is 3. The van der Waals surface area contributed by atoms with Crippen LogP contribution in [0.25, 0.3) is 5.69 Å². The van der Waals surface area contributed by atoms with Gasteiger partial charge in [-0.2, -0.15) is 0 Å². The molecule has 0 aliphatic carbocycles. The number of anilines is 2. The van der Waals surface area contributed by atoms with E-state index in [4.69, 9.17) is 11.6 Å². The Morgan fingerprint density at radius 3 is 2.39 bits per heavy atom. The highest BCUT2D eigenvalue weighted by molar-refractivity contribution is 6.30. The van der Waals surface area contributed by atoms with Crippen LogP contribution in [-0.2, 0) is 13.1 Å². The van der Waals surface area contributed by atoms with Gasteiger partial charge in [-0.15, -0.1) is 10.2 Å². The van der Waals surface area contributed by atoms with Crippen LogP contribution in [0.1, 0.15) is 36.8 Å². The third kappa shape index (κ3) is 3.24. The molecule has 1 aromatic heterocycles. The highest BCUT2D eigenvalue weighted by atomic mass is 35.5. The topological polar surface area (TPSA) is 37.2 Å². The molecule has 3 heterocycles. The van der Waals surface area contributed by atoms with Crippen LogP contribution in [0.15, 0.2) is 48.5 Å². The van der Waals surface area contributed by atoms with E-state index in [1.54, 1.807) is 0 Å². The normalized spacial score (nSPS) is 16.5. The molecule has 0 atom stereocenters. The largest absolute Gasteiger partial charge is 0.341 e. The van der Waals surface area contributed by atoms with E-state index in [-0.39, 0.29) is 0 Å². The van der Waals surface area contributed by atoms with Gasteiger partial charge in [-0.25, -0.2) is 4.57 Å². The minimum Gasteiger partial charge on any atom is -0.341 e. The predicted molar refractivity (Wildman–Crippen MR) is 113 cm³/mol. The van der Waals surface area contributed by atoms with Crippen molar-refractivity contribution in [3.8, 4) is 5.69 Å². The van der Waals surface area contributed by atoms with E-state index in [0.29, 0.717) is 0 Å². The lowest BCUT2D eigenvalue weighted by atomic mass is 10.1. The maximum absolute atomic E-state index is 6.36. The first-order valence-corrected chi connectivity index (χ1v) is 10.5. The minimum absolute atomic E-state index is 0.747. The molecule has 0 N–H and O–H groups in total. The maximum Gasteiger partial charge on any atom is 0.234 e. The Bertz CT molecular complexity index is 960. The van der Waals surface area contributed by atoms with E-state index < -0.39 is 0 Å². The number of hydrogen-bond acceptors (Lipinski definition) is 4. The molecule has 5 nitrogen and oxygen atoms in total. The quantitative estimate of drug-likeness (QED) is 0.639. The van der Waals surface area contributed by atoms with Crippen molar-refractivity contribution >= 4 is 23.5 Å². The Morgan fingerprint density at radius 1 is 0.857 bits per heavy atom. The smallest absolute Gasteiger partial charge is 0.234 e. The van der Waals surface area contributed by atoms with Crippen molar-refractivity contribution in [2.24, 2.45) is 0 Å².